The molecule has 1 heterocycles. The van der Waals surface area contributed by atoms with Crippen molar-refractivity contribution < 1.29 is 9.53 Å². The Balaban J connectivity index is 3.01. The molecule has 0 bridgehead atoms. The van der Waals surface area contributed by atoms with Gasteiger partial charge in [-0.05, 0) is 29.8 Å². The fourth-order valence-corrected chi connectivity index (χ4v) is 1.62. The van der Waals surface area contributed by atoms with Crippen molar-refractivity contribution in [2.24, 2.45) is 0 Å². The number of ether oxygens (including phenoxy) is 1. The average Bonchev–Trinajstić information content (AvgIpc) is 2.33. The van der Waals surface area contributed by atoms with Gasteiger partial charge in [-0.25, -0.2) is 4.79 Å². The third-order valence-electron chi connectivity index (χ3n) is 1.53. The molecule has 1 N–H and O–H groups in total. The SMILES string of the molecule is CCOC(=O)c1[nH]c(C)c(Cl)c1Br. The first-order valence-electron chi connectivity index (χ1n) is 3.78. The number of aromatic amines is 1. The van der Waals surface area contributed by atoms with E-state index in [9.17, 15) is 4.79 Å². The van der Waals surface area contributed by atoms with Crippen molar-refractivity contribution in [3.05, 3.63) is 20.9 Å². The molecule has 13 heavy (non-hydrogen) atoms. The maximum Gasteiger partial charge on any atom is 0.355 e. The van der Waals surface area contributed by atoms with Crippen molar-refractivity contribution in [3.63, 3.8) is 0 Å². The van der Waals surface area contributed by atoms with Crippen LogP contribution in [0, 0.1) is 6.92 Å². The molecule has 0 unspecified atom stereocenters. The minimum atomic E-state index is -0.399. The highest BCUT2D eigenvalue weighted by Gasteiger charge is 2.17. The topological polar surface area (TPSA) is 42.1 Å². The lowest BCUT2D eigenvalue weighted by molar-refractivity contribution is 0.0519. The second-order valence-corrected chi connectivity index (χ2v) is 3.64. The van der Waals surface area contributed by atoms with Gasteiger partial charge in [-0.15, -0.1) is 0 Å². The van der Waals surface area contributed by atoms with Crippen LogP contribution in [0.4, 0.5) is 0 Å². The fraction of sp³-hybridized carbons (Fsp3) is 0.375. The minimum Gasteiger partial charge on any atom is -0.461 e. The molecule has 0 amide bonds. The quantitative estimate of drug-likeness (QED) is 0.836. The Morgan fingerprint density at radius 1 is 1.69 bits per heavy atom. The summed E-state index contributed by atoms with van der Waals surface area (Å²) in [6.45, 7) is 3.89. The van der Waals surface area contributed by atoms with E-state index < -0.39 is 5.97 Å². The van der Waals surface area contributed by atoms with E-state index in [1.54, 1.807) is 13.8 Å². The Labute approximate surface area is 89.5 Å². The molecule has 0 aromatic carbocycles. The van der Waals surface area contributed by atoms with Crippen LogP contribution in [0.1, 0.15) is 23.1 Å². The van der Waals surface area contributed by atoms with Crippen molar-refractivity contribution >= 4 is 33.5 Å². The van der Waals surface area contributed by atoms with Crippen molar-refractivity contribution in [3.8, 4) is 0 Å². The van der Waals surface area contributed by atoms with E-state index >= 15 is 0 Å². The number of esters is 1. The molecule has 5 heteroatoms. The Hall–Kier alpha value is -0.480. The van der Waals surface area contributed by atoms with E-state index in [0.717, 1.165) is 5.69 Å². The Bertz CT molecular complexity index is 335. The average molecular weight is 267 g/mol. The van der Waals surface area contributed by atoms with Crippen LogP contribution in [0.25, 0.3) is 0 Å². The zero-order valence-electron chi connectivity index (χ0n) is 7.28. The maximum absolute atomic E-state index is 11.3. The van der Waals surface area contributed by atoms with Crippen LogP contribution in [0.2, 0.25) is 5.02 Å². The molecule has 1 aromatic heterocycles. The Kier molecular flexibility index (Phi) is 3.39. The van der Waals surface area contributed by atoms with Gasteiger partial charge in [0.1, 0.15) is 5.69 Å². The van der Waals surface area contributed by atoms with Gasteiger partial charge in [0.15, 0.2) is 0 Å². The standard InChI is InChI=1S/C8H9BrClNO2/c1-3-13-8(12)7-5(9)6(10)4(2)11-7/h11H,3H2,1-2H3. The number of aromatic nitrogens is 1. The molecule has 0 atom stereocenters. The first-order chi connectivity index (χ1) is 6.07. The lowest BCUT2D eigenvalue weighted by Gasteiger charge is -1.98. The molecule has 72 valence electrons. The van der Waals surface area contributed by atoms with E-state index in [0.29, 0.717) is 21.8 Å². The van der Waals surface area contributed by atoms with Gasteiger partial charge < -0.3 is 9.72 Å². The molecule has 0 aliphatic heterocycles. The van der Waals surface area contributed by atoms with Crippen LogP contribution < -0.4 is 0 Å². The highest BCUT2D eigenvalue weighted by molar-refractivity contribution is 9.10. The molecular formula is C8H9BrClNO2. The number of H-pyrrole nitrogens is 1. The van der Waals surface area contributed by atoms with Gasteiger partial charge in [0.05, 0.1) is 16.1 Å². The van der Waals surface area contributed by atoms with Crippen molar-refractivity contribution in [1.29, 1.82) is 0 Å². The number of carbonyl (C=O) groups excluding carboxylic acids is 1. The van der Waals surface area contributed by atoms with E-state index in [1.165, 1.54) is 0 Å². The number of hydrogen-bond donors (Lipinski definition) is 1. The van der Waals surface area contributed by atoms with Gasteiger partial charge in [-0.2, -0.15) is 0 Å². The molecule has 0 spiro atoms. The maximum atomic E-state index is 11.3. The number of rotatable bonds is 2. The largest absolute Gasteiger partial charge is 0.461 e. The number of aryl methyl sites for hydroxylation is 1. The van der Waals surface area contributed by atoms with Crippen LogP contribution in [-0.2, 0) is 4.74 Å². The first-order valence-corrected chi connectivity index (χ1v) is 4.95. The Morgan fingerprint density at radius 2 is 2.31 bits per heavy atom. The second-order valence-electron chi connectivity index (χ2n) is 2.47. The predicted octanol–water partition coefficient (Wildman–Crippen LogP) is 2.92. The molecule has 0 aliphatic rings. The number of nitrogens with one attached hydrogen (secondary N) is 1. The zero-order chi connectivity index (χ0) is 10.0. The number of hydrogen-bond acceptors (Lipinski definition) is 2. The molecule has 3 nitrogen and oxygen atoms in total. The summed E-state index contributed by atoms with van der Waals surface area (Å²) in [6, 6.07) is 0. The summed E-state index contributed by atoms with van der Waals surface area (Å²) < 4.78 is 5.38. The normalized spacial score (nSPS) is 10.2. The first kappa shape index (κ1) is 10.6. The number of carbonyl (C=O) groups is 1. The van der Waals surface area contributed by atoms with Crippen molar-refractivity contribution in [1.82, 2.24) is 4.98 Å². The third-order valence-corrected chi connectivity index (χ3v) is 3.03. The summed E-state index contributed by atoms with van der Waals surface area (Å²) in [5.74, 6) is -0.399. The van der Waals surface area contributed by atoms with Crippen LogP contribution in [0.15, 0.2) is 4.47 Å². The summed E-state index contributed by atoms with van der Waals surface area (Å²) in [4.78, 5) is 14.1. The van der Waals surface area contributed by atoms with Gasteiger partial charge in [-0.1, -0.05) is 11.6 Å². The van der Waals surface area contributed by atoms with E-state index in [2.05, 4.69) is 20.9 Å². The van der Waals surface area contributed by atoms with E-state index in [-0.39, 0.29) is 0 Å². The van der Waals surface area contributed by atoms with Crippen LogP contribution in [0.3, 0.4) is 0 Å². The highest BCUT2D eigenvalue weighted by Crippen LogP contribution is 2.29. The van der Waals surface area contributed by atoms with Crippen LogP contribution in [-0.4, -0.2) is 17.6 Å². The molecule has 0 aliphatic carbocycles. The molecule has 0 saturated heterocycles. The van der Waals surface area contributed by atoms with Gasteiger partial charge >= 0.3 is 5.97 Å². The molecule has 0 fully saturated rings. The van der Waals surface area contributed by atoms with Crippen molar-refractivity contribution in [2.75, 3.05) is 6.61 Å². The van der Waals surface area contributed by atoms with Crippen molar-refractivity contribution in [2.45, 2.75) is 13.8 Å². The predicted molar refractivity (Wildman–Crippen MR) is 54.2 cm³/mol. The van der Waals surface area contributed by atoms with Crippen LogP contribution in [0.5, 0.6) is 0 Å². The van der Waals surface area contributed by atoms with Gasteiger partial charge in [0, 0.05) is 5.69 Å². The third kappa shape index (κ3) is 2.06. The van der Waals surface area contributed by atoms with Gasteiger partial charge in [0.25, 0.3) is 0 Å². The van der Waals surface area contributed by atoms with Crippen LogP contribution >= 0.6 is 27.5 Å². The van der Waals surface area contributed by atoms with E-state index in [1.807, 2.05) is 0 Å². The lowest BCUT2D eigenvalue weighted by Crippen LogP contribution is -2.05. The monoisotopic (exact) mass is 265 g/mol. The molecule has 0 saturated carbocycles. The summed E-state index contributed by atoms with van der Waals surface area (Å²) in [6.07, 6.45) is 0. The smallest absolute Gasteiger partial charge is 0.355 e. The molecular weight excluding hydrogens is 257 g/mol. The van der Waals surface area contributed by atoms with Gasteiger partial charge in [-0.3, -0.25) is 0 Å². The zero-order valence-corrected chi connectivity index (χ0v) is 9.62. The number of halogens is 2. The molecule has 1 rings (SSSR count). The highest BCUT2D eigenvalue weighted by atomic mass is 79.9. The lowest BCUT2D eigenvalue weighted by atomic mass is 10.4. The van der Waals surface area contributed by atoms with E-state index in [4.69, 9.17) is 16.3 Å². The molecule has 0 radical (unpaired) electrons. The minimum absolute atomic E-state index is 0.348. The summed E-state index contributed by atoms with van der Waals surface area (Å²) in [5, 5.41) is 0.517. The fourth-order valence-electron chi connectivity index (χ4n) is 0.916. The van der Waals surface area contributed by atoms with Gasteiger partial charge in [0.2, 0.25) is 0 Å². The Morgan fingerprint density at radius 3 is 2.69 bits per heavy atom. The molecule has 1 aromatic rings. The summed E-state index contributed by atoms with van der Waals surface area (Å²) >= 11 is 9.06. The summed E-state index contributed by atoms with van der Waals surface area (Å²) in [5.41, 5.74) is 1.11. The summed E-state index contributed by atoms with van der Waals surface area (Å²) in [7, 11) is 0. The second kappa shape index (κ2) is 4.15.